The van der Waals surface area contributed by atoms with Crippen molar-refractivity contribution in [1.82, 2.24) is 0 Å². The van der Waals surface area contributed by atoms with Crippen LogP contribution in [0.2, 0.25) is 0 Å². The quantitative estimate of drug-likeness (QED) is 0.120. The smallest absolute Gasteiger partial charge is 0.187 e. The van der Waals surface area contributed by atoms with Gasteiger partial charge in [0.25, 0.3) is 0 Å². The molecule has 2 unspecified atom stereocenters. The molecule has 52 heavy (non-hydrogen) atoms. The number of ether oxygens (including phenoxy) is 2. The molecular formula is C46H64O6. The predicted octanol–water partition coefficient (Wildman–Crippen LogP) is 9.35. The second kappa shape index (κ2) is 22.4. The molecule has 1 saturated heterocycles. The maximum Gasteiger partial charge on any atom is 0.187 e. The van der Waals surface area contributed by atoms with E-state index in [2.05, 4.69) is 159 Å². The molecule has 0 aliphatic carbocycles. The zero-order valence-electron chi connectivity index (χ0n) is 33.1. The summed E-state index contributed by atoms with van der Waals surface area (Å²) in [6.45, 7) is 20.3. The molecule has 0 bridgehead atoms. The van der Waals surface area contributed by atoms with E-state index in [4.69, 9.17) is 9.47 Å². The summed E-state index contributed by atoms with van der Waals surface area (Å²) < 4.78 is 11.5. The van der Waals surface area contributed by atoms with Gasteiger partial charge in [-0.05, 0) is 111 Å². The molecule has 6 heteroatoms. The van der Waals surface area contributed by atoms with E-state index in [0.717, 1.165) is 24.0 Å². The Bertz CT molecular complexity index is 1600. The van der Waals surface area contributed by atoms with Crippen molar-refractivity contribution in [3.8, 4) is 0 Å². The third kappa shape index (κ3) is 16.0. The van der Waals surface area contributed by atoms with E-state index >= 15 is 0 Å². The first-order chi connectivity index (χ1) is 24.5. The van der Waals surface area contributed by atoms with Crippen molar-refractivity contribution in [2.24, 2.45) is 0 Å². The number of allylic oxidation sites excluding steroid dienone is 19. The molecule has 1 fully saturated rings. The lowest BCUT2D eigenvalue weighted by Gasteiger charge is -2.42. The molecule has 0 spiro atoms. The van der Waals surface area contributed by atoms with Gasteiger partial charge in [0.05, 0.1) is 12.2 Å². The molecule has 0 aromatic heterocycles. The summed E-state index contributed by atoms with van der Waals surface area (Å²) in [5.41, 5.74) is 10.5. The van der Waals surface area contributed by atoms with Gasteiger partial charge >= 0.3 is 0 Å². The molecule has 284 valence electrons. The first kappa shape index (κ1) is 44.5. The van der Waals surface area contributed by atoms with Gasteiger partial charge in [-0.2, -0.15) is 0 Å². The lowest BCUT2D eigenvalue weighted by molar-refractivity contribution is -0.323. The zero-order valence-corrected chi connectivity index (χ0v) is 33.1. The van der Waals surface area contributed by atoms with Crippen LogP contribution >= 0.6 is 0 Å². The number of aliphatic hydroxyl groups excluding tert-OH is 4. The maximum atomic E-state index is 10.3. The van der Waals surface area contributed by atoms with Crippen LogP contribution in [0.1, 0.15) is 90.0 Å². The highest BCUT2D eigenvalue weighted by Gasteiger charge is 2.45. The monoisotopic (exact) mass is 712 g/mol. The summed E-state index contributed by atoms with van der Waals surface area (Å²) >= 11 is 0. The van der Waals surface area contributed by atoms with Gasteiger partial charge in [0, 0.05) is 0 Å². The van der Waals surface area contributed by atoms with Gasteiger partial charge < -0.3 is 29.9 Å². The molecule has 0 saturated carbocycles. The first-order valence-corrected chi connectivity index (χ1v) is 18.3. The molecule has 6 nitrogen and oxygen atoms in total. The fourth-order valence-corrected chi connectivity index (χ4v) is 5.56. The van der Waals surface area contributed by atoms with Crippen LogP contribution in [0.25, 0.3) is 6.08 Å². The zero-order chi connectivity index (χ0) is 38.8. The van der Waals surface area contributed by atoms with Crippen molar-refractivity contribution in [3.63, 3.8) is 0 Å². The van der Waals surface area contributed by atoms with E-state index in [9.17, 15) is 20.4 Å². The molecule has 1 aliphatic rings. The molecule has 4 N–H and O–H groups in total. The largest absolute Gasteiger partial charge is 0.394 e. The minimum atomic E-state index is -1.45. The second-order valence-corrected chi connectivity index (χ2v) is 14.6. The predicted molar refractivity (Wildman–Crippen MR) is 218 cm³/mol. The van der Waals surface area contributed by atoms with Crippen LogP contribution in [-0.2, 0) is 9.47 Å². The van der Waals surface area contributed by atoms with Crippen molar-refractivity contribution in [2.45, 2.75) is 125 Å². The average Bonchev–Trinajstić information content (AvgIpc) is 3.08. The number of aryl methyl sites for hydroxylation is 2. The van der Waals surface area contributed by atoms with Gasteiger partial charge in [-0.15, -0.1) is 0 Å². The van der Waals surface area contributed by atoms with Gasteiger partial charge in [-0.1, -0.05) is 131 Å². The third-order valence-corrected chi connectivity index (χ3v) is 9.16. The lowest BCUT2D eigenvalue weighted by Crippen LogP contribution is -2.60. The van der Waals surface area contributed by atoms with E-state index < -0.39 is 42.9 Å². The van der Waals surface area contributed by atoms with Crippen LogP contribution in [0.3, 0.4) is 0 Å². The van der Waals surface area contributed by atoms with Gasteiger partial charge in [0.15, 0.2) is 6.29 Å². The van der Waals surface area contributed by atoms with E-state index in [1.807, 2.05) is 13.8 Å². The first-order valence-electron chi connectivity index (χ1n) is 18.3. The molecule has 0 radical (unpaired) electrons. The minimum Gasteiger partial charge on any atom is -0.394 e. The Balaban J connectivity index is 1.79. The summed E-state index contributed by atoms with van der Waals surface area (Å²) in [6.07, 6.45) is 27.6. The van der Waals surface area contributed by atoms with Crippen LogP contribution in [0, 0.1) is 20.8 Å². The number of hydrogen-bond acceptors (Lipinski definition) is 6. The number of aliphatic hydroxyl groups is 4. The Morgan fingerprint density at radius 2 is 1.19 bits per heavy atom. The Kier molecular flexibility index (Phi) is 19.2. The summed E-state index contributed by atoms with van der Waals surface area (Å²) in [7, 11) is 0. The minimum absolute atomic E-state index is 0.480. The van der Waals surface area contributed by atoms with Crippen LogP contribution in [0.5, 0.6) is 0 Å². The van der Waals surface area contributed by atoms with Crippen molar-refractivity contribution < 1.29 is 29.9 Å². The van der Waals surface area contributed by atoms with Gasteiger partial charge in [0.2, 0.25) is 0 Å². The molecule has 5 atom stereocenters. The van der Waals surface area contributed by atoms with E-state index in [0.29, 0.717) is 6.42 Å². The van der Waals surface area contributed by atoms with Crippen LogP contribution in [0.4, 0.5) is 0 Å². The van der Waals surface area contributed by atoms with E-state index in [1.165, 1.54) is 39.0 Å². The van der Waals surface area contributed by atoms with Crippen molar-refractivity contribution >= 4 is 6.08 Å². The van der Waals surface area contributed by atoms with Gasteiger partial charge in [0.1, 0.15) is 24.4 Å². The SMILES string of the molecule is CC(/C=C/C=C(C)/C=C/C=C(\C)CCCC(C)(C)O[C@@H]1O[C@H](CO)[C@@H](O)C(O)C1O)=C\C=C\C=C(C)\C=C\C=C(C)\C=C\c1c(C)ccc(C)c1C. The summed E-state index contributed by atoms with van der Waals surface area (Å²) in [6, 6.07) is 4.36. The van der Waals surface area contributed by atoms with Gasteiger partial charge in [-0.3, -0.25) is 0 Å². The Hall–Kier alpha value is -3.62. The highest BCUT2D eigenvalue weighted by molar-refractivity contribution is 5.61. The van der Waals surface area contributed by atoms with E-state index in [1.54, 1.807) is 0 Å². The van der Waals surface area contributed by atoms with Crippen LogP contribution < -0.4 is 0 Å². The highest BCUT2D eigenvalue weighted by atomic mass is 16.7. The lowest BCUT2D eigenvalue weighted by atomic mass is 9.96. The molecule has 1 aromatic rings. The molecule has 1 aliphatic heterocycles. The van der Waals surface area contributed by atoms with Crippen molar-refractivity contribution in [2.75, 3.05) is 6.61 Å². The number of hydrogen-bond donors (Lipinski definition) is 4. The van der Waals surface area contributed by atoms with Crippen molar-refractivity contribution in [3.05, 3.63) is 147 Å². The summed E-state index contributed by atoms with van der Waals surface area (Å²) in [5.74, 6) is 0. The normalized spacial score (nSPS) is 23.5. The highest BCUT2D eigenvalue weighted by Crippen LogP contribution is 2.28. The Morgan fingerprint density at radius 1 is 0.692 bits per heavy atom. The standard InChI is InChI=1S/C46H64O6/c1-32(17-11-12-18-33(2)20-15-24-36(5)26-29-40-38(7)28-27-37(6)39(40)8)19-13-21-34(3)22-14-23-35(4)25-16-30-46(9,10)52-45-44(50)43(49)42(48)41(31-47)51-45/h11-15,17-24,26-29,41-45,47-50H,16,25,30-31H2,1-10H3/b12-11+,19-13+,20-15+,22-14+,29-26+,32-17+,33-18+,34-21+,35-23+,36-24+/t41-,42-,43?,44?,45+/m1/s1. The molecule has 1 aromatic carbocycles. The number of rotatable bonds is 17. The molecule has 2 rings (SSSR count). The Labute approximate surface area is 314 Å². The summed E-state index contributed by atoms with van der Waals surface area (Å²) in [4.78, 5) is 0. The van der Waals surface area contributed by atoms with Crippen LogP contribution in [0.15, 0.2) is 125 Å². The summed E-state index contributed by atoms with van der Waals surface area (Å²) in [5, 5.41) is 39.7. The van der Waals surface area contributed by atoms with Crippen molar-refractivity contribution in [1.29, 1.82) is 0 Å². The fraction of sp³-hybridized carbons (Fsp3) is 0.435. The van der Waals surface area contributed by atoms with E-state index in [-0.39, 0.29) is 0 Å². The molecule has 1 heterocycles. The maximum absolute atomic E-state index is 10.3. The second-order valence-electron chi connectivity index (χ2n) is 14.6. The molecular weight excluding hydrogens is 648 g/mol. The van der Waals surface area contributed by atoms with Crippen LogP contribution in [-0.4, -0.2) is 63.3 Å². The third-order valence-electron chi connectivity index (χ3n) is 9.16. The fourth-order valence-electron chi connectivity index (χ4n) is 5.56. The Morgan fingerprint density at radius 3 is 1.75 bits per heavy atom. The van der Waals surface area contributed by atoms with Gasteiger partial charge in [-0.25, -0.2) is 0 Å². The molecule has 0 amide bonds. The topological polar surface area (TPSA) is 99.4 Å². The number of benzene rings is 1. The average molecular weight is 713 g/mol.